The number of H-pyrrole nitrogens is 1. The lowest BCUT2D eigenvalue weighted by Crippen LogP contribution is -2.05. The van der Waals surface area contributed by atoms with Gasteiger partial charge in [0.05, 0.1) is 16.5 Å². The highest BCUT2D eigenvalue weighted by molar-refractivity contribution is 7.19. The van der Waals surface area contributed by atoms with Crippen molar-refractivity contribution in [1.29, 1.82) is 0 Å². The van der Waals surface area contributed by atoms with E-state index in [1.807, 2.05) is 6.92 Å². The van der Waals surface area contributed by atoms with E-state index in [0.717, 1.165) is 11.1 Å². The monoisotopic (exact) mass is 210 g/mol. The number of pyridine rings is 1. The Hall–Kier alpha value is -1.69. The number of aryl methyl sites for hydroxylation is 1. The van der Waals surface area contributed by atoms with Gasteiger partial charge < -0.3 is 4.98 Å². The van der Waals surface area contributed by atoms with Crippen LogP contribution in [0.5, 0.6) is 0 Å². The summed E-state index contributed by atoms with van der Waals surface area (Å²) in [5.41, 5.74) is -0.326. The molecule has 0 radical (unpaired) electrons. The number of thiophene rings is 1. The van der Waals surface area contributed by atoms with Crippen molar-refractivity contribution in [3.63, 3.8) is 0 Å². The minimum atomic E-state index is -0.492. The van der Waals surface area contributed by atoms with Crippen molar-refractivity contribution in [2.75, 3.05) is 0 Å². The maximum absolute atomic E-state index is 11.3. The zero-order valence-corrected chi connectivity index (χ0v) is 8.05. The summed E-state index contributed by atoms with van der Waals surface area (Å²) in [6.07, 6.45) is 1.14. The third-order valence-electron chi connectivity index (χ3n) is 1.87. The van der Waals surface area contributed by atoms with Gasteiger partial charge in [0, 0.05) is 4.88 Å². The highest BCUT2D eigenvalue weighted by atomic mass is 32.1. The molecular formula is C8H6N2O3S. The maximum Gasteiger partial charge on any atom is 0.303 e. The number of nitrogens with zero attached hydrogens (tertiary/aromatic N) is 1. The minimum Gasteiger partial charge on any atom is -0.322 e. The fourth-order valence-corrected chi connectivity index (χ4v) is 2.28. The van der Waals surface area contributed by atoms with Crippen LogP contribution in [-0.4, -0.2) is 9.91 Å². The predicted molar refractivity (Wildman–Crippen MR) is 53.8 cm³/mol. The number of hydrogen-bond donors (Lipinski definition) is 1. The van der Waals surface area contributed by atoms with Crippen LogP contribution in [0.4, 0.5) is 5.69 Å². The Morgan fingerprint density at radius 3 is 2.93 bits per heavy atom. The molecule has 6 heteroatoms. The van der Waals surface area contributed by atoms with Gasteiger partial charge in [0.1, 0.15) is 4.70 Å². The molecule has 0 aromatic carbocycles. The summed E-state index contributed by atoms with van der Waals surface area (Å²) in [6, 6.07) is 1.66. The standard InChI is InChI=1S/C8H6N2O3S/c1-4-2-5-7(14-4)6(10(12)13)3-9-8(5)11/h2-3H,1H3,(H,9,11). The molecule has 0 amide bonds. The first-order valence-corrected chi connectivity index (χ1v) is 4.67. The highest BCUT2D eigenvalue weighted by Gasteiger charge is 2.15. The second-order valence-electron chi connectivity index (χ2n) is 2.86. The van der Waals surface area contributed by atoms with Crippen molar-refractivity contribution in [2.45, 2.75) is 6.92 Å². The highest BCUT2D eigenvalue weighted by Crippen LogP contribution is 2.29. The SMILES string of the molecule is Cc1cc2c(=O)[nH]cc([N+](=O)[O-])c2s1. The average molecular weight is 210 g/mol. The molecular weight excluding hydrogens is 204 g/mol. The van der Waals surface area contributed by atoms with Crippen molar-refractivity contribution in [3.05, 3.63) is 37.6 Å². The largest absolute Gasteiger partial charge is 0.322 e. The number of rotatable bonds is 1. The second kappa shape index (κ2) is 2.91. The van der Waals surface area contributed by atoms with Gasteiger partial charge in [-0.2, -0.15) is 0 Å². The topological polar surface area (TPSA) is 76.0 Å². The normalized spacial score (nSPS) is 10.6. The van der Waals surface area contributed by atoms with Gasteiger partial charge >= 0.3 is 5.69 Å². The molecule has 1 N–H and O–H groups in total. The molecule has 0 fully saturated rings. The van der Waals surface area contributed by atoms with E-state index in [4.69, 9.17) is 0 Å². The number of nitro groups is 1. The molecule has 0 aliphatic carbocycles. The number of fused-ring (bicyclic) bond motifs is 1. The van der Waals surface area contributed by atoms with E-state index in [1.54, 1.807) is 6.07 Å². The van der Waals surface area contributed by atoms with E-state index in [9.17, 15) is 14.9 Å². The summed E-state index contributed by atoms with van der Waals surface area (Å²) in [4.78, 5) is 24.7. The van der Waals surface area contributed by atoms with Crippen molar-refractivity contribution < 1.29 is 4.92 Å². The van der Waals surface area contributed by atoms with Gasteiger partial charge in [-0.25, -0.2) is 0 Å². The lowest BCUT2D eigenvalue weighted by Gasteiger charge is -1.91. The molecule has 2 aromatic heterocycles. The first-order chi connectivity index (χ1) is 6.59. The van der Waals surface area contributed by atoms with Crippen LogP contribution in [0.15, 0.2) is 17.1 Å². The molecule has 0 saturated carbocycles. The lowest BCUT2D eigenvalue weighted by molar-refractivity contribution is -0.383. The van der Waals surface area contributed by atoms with Crippen LogP contribution in [0, 0.1) is 17.0 Å². The third kappa shape index (κ3) is 1.20. The third-order valence-corrected chi connectivity index (χ3v) is 2.94. The Morgan fingerprint density at radius 2 is 2.29 bits per heavy atom. The Balaban J connectivity index is 2.95. The van der Waals surface area contributed by atoms with Crippen LogP contribution < -0.4 is 5.56 Å². The average Bonchev–Trinajstić information content (AvgIpc) is 2.47. The van der Waals surface area contributed by atoms with Gasteiger partial charge in [-0.05, 0) is 13.0 Å². The maximum atomic E-state index is 11.3. The van der Waals surface area contributed by atoms with Gasteiger partial charge in [0.2, 0.25) is 0 Å². The number of hydrogen-bond acceptors (Lipinski definition) is 4. The van der Waals surface area contributed by atoms with Crippen molar-refractivity contribution >= 4 is 27.1 Å². The predicted octanol–water partition coefficient (Wildman–Crippen LogP) is 1.81. The molecule has 0 unspecified atom stereocenters. The molecule has 0 aliphatic rings. The quantitative estimate of drug-likeness (QED) is 0.576. The van der Waals surface area contributed by atoms with Crippen LogP contribution in [0.25, 0.3) is 10.1 Å². The second-order valence-corrected chi connectivity index (χ2v) is 4.12. The van der Waals surface area contributed by atoms with Crippen molar-refractivity contribution in [2.24, 2.45) is 0 Å². The van der Waals surface area contributed by atoms with E-state index >= 15 is 0 Å². The van der Waals surface area contributed by atoms with Crippen LogP contribution >= 0.6 is 11.3 Å². The van der Waals surface area contributed by atoms with Crippen LogP contribution in [-0.2, 0) is 0 Å². The van der Waals surface area contributed by atoms with Crippen molar-refractivity contribution in [3.8, 4) is 0 Å². The fraction of sp³-hybridized carbons (Fsp3) is 0.125. The summed E-state index contributed by atoms with van der Waals surface area (Å²) in [6.45, 7) is 1.81. The van der Waals surface area contributed by atoms with Crippen molar-refractivity contribution in [1.82, 2.24) is 4.98 Å². The summed E-state index contributed by atoms with van der Waals surface area (Å²) in [5, 5.41) is 11.0. The van der Waals surface area contributed by atoms with Gasteiger partial charge in [0.15, 0.2) is 0 Å². The van der Waals surface area contributed by atoms with Gasteiger partial charge in [-0.15, -0.1) is 11.3 Å². The molecule has 0 saturated heterocycles. The molecule has 0 bridgehead atoms. The lowest BCUT2D eigenvalue weighted by atomic mass is 10.3. The molecule has 2 heterocycles. The van der Waals surface area contributed by atoms with Crippen LogP contribution in [0.3, 0.4) is 0 Å². The Bertz CT molecular complexity index is 569. The summed E-state index contributed by atoms with van der Waals surface area (Å²) in [7, 11) is 0. The Kier molecular flexibility index (Phi) is 1.85. The van der Waals surface area contributed by atoms with E-state index in [1.165, 1.54) is 11.3 Å². The summed E-state index contributed by atoms with van der Waals surface area (Å²) < 4.78 is 0.441. The van der Waals surface area contributed by atoms with E-state index in [0.29, 0.717) is 10.1 Å². The molecule has 0 spiro atoms. The molecule has 72 valence electrons. The summed E-state index contributed by atoms with van der Waals surface area (Å²) in [5.74, 6) is 0. The zero-order chi connectivity index (χ0) is 10.3. The number of nitrogens with one attached hydrogen (secondary N) is 1. The van der Waals surface area contributed by atoms with E-state index in [2.05, 4.69) is 4.98 Å². The van der Waals surface area contributed by atoms with Crippen LogP contribution in [0.1, 0.15) is 4.88 Å². The van der Waals surface area contributed by atoms with Gasteiger partial charge in [-0.1, -0.05) is 0 Å². The molecule has 14 heavy (non-hydrogen) atoms. The first kappa shape index (κ1) is 8.89. The van der Waals surface area contributed by atoms with Crippen LogP contribution in [0.2, 0.25) is 0 Å². The minimum absolute atomic E-state index is 0.0438. The number of aromatic nitrogens is 1. The molecule has 2 aromatic rings. The molecule has 5 nitrogen and oxygen atoms in total. The zero-order valence-electron chi connectivity index (χ0n) is 7.23. The number of aromatic amines is 1. The van der Waals surface area contributed by atoms with E-state index in [-0.39, 0.29) is 11.2 Å². The molecule has 2 rings (SSSR count). The molecule has 0 aliphatic heterocycles. The Labute approximate surface area is 82.2 Å². The van der Waals surface area contributed by atoms with Gasteiger partial charge in [-0.3, -0.25) is 14.9 Å². The van der Waals surface area contributed by atoms with E-state index < -0.39 is 4.92 Å². The molecule has 0 atom stereocenters. The Morgan fingerprint density at radius 1 is 1.57 bits per heavy atom. The fourth-order valence-electron chi connectivity index (χ4n) is 1.29. The first-order valence-electron chi connectivity index (χ1n) is 3.86. The summed E-state index contributed by atoms with van der Waals surface area (Å²) >= 11 is 1.26. The smallest absolute Gasteiger partial charge is 0.303 e. The van der Waals surface area contributed by atoms with Gasteiger partial charge in [0.25, 0.3) is 5.56 Å².